The lowest BCUT2D eigenvalue weighted by atomic mass is 9.64. The van der Waals surface area contributed by atoms with Crippen LogP contribution in [0.25, 0.3) is 0 Å². The number of hydrogen-bond donors (Lipinski definition) is 1. The molecule has 0 bridgehead atoms. The van der Waals surface area contributed by atoms with Crippen LogP contribution in [0, 0.1) is 16.7 Å². The van der Waals surface area contributed by atoms with E-state index in [0.29, 0.717) is 30.3 Å². The first kappa shape index (κ1) is 12.8. The van der Waals surface area contributed by atoms with Gasteiger partial charge in [-0.15, -0.1) is 0 Å². The van der Waals surface area contributed by atoms with E-state index in [2.05, 4.69) is 22.0 Å². The molecule has 1 aromatic carbocycles. The molecule has 0 radical (unpaired) electrons. The van der Waals surface area contributed by atoms with E-state index in [1.54, 1.807) is 6.07 Å². The molecule has 1 unspecified atom stereocenters. The van der Waals surface area contributed by atoms with Crippen LogP contribution in [0.3, 0.4) is 0 Å². The summed E-state index contributed by atoms with van der Waals surface area (Å²) in [5, 5.41) is 19.8. The molecule has 1 heterocycles. The molecule has 0 aromatic heterocycles. The second-order valence-electron chi connectivity index (χ2n) is 5.05. The fourth-order valence-corrected chi connectivity index (χ4v) is 3.19. The predicted molar refractivity (Wildman–Crippen MR) is 72.0 cm³/mol. The Bertz CT molecular complexity index is 548. The number of hydrogen-bond acceptors (Lipinski definition) is 4. The zero-order chi connectivity index (χ0) is 13.5. The topological polar surface area (TPSA) is 62.5 Å². The summed E-state index contributed by atoms with van der Waals surface area (Å²) < 4.78 is 11.8. The molecule has 2 aliphatic rings. The SMILES string of the molecule is N#CC1(C(O)c2cc(Br)c3c(c2)OCCO3)CCC1. The molecule has 1 fully saturated rings. The molecule has 0 amide bonds. The van der Waals surface area contributed by atoms with Gasteiger partial charge in [0.05, 0.1) is 22.1 Å². The number of nitrogens with zero attached hydrogens (tertiary/aromatic N) is 1. The zero-order valence-electron chi connectivity index (χ0n) is 10.4. The molecule has 1 aromatic rings. The van der Waals surface area contributed by atoms with E-state index in [9.17, 15) is 10.4 Å². The van der Waals surface area contributed by atoms with Crippen LogP contribution in [0.4, 0.5) is 0 Å². The third kappa shape index (κ3) is 1.99. The summed E-state index contributed by atoms with van der Waals surface area (Å²) in [6.07, 6.45) is 1.71. The smallest absolute Gasteiger partial charge is 0.175 e. The Kier molecular flexibility index (Phi) is 3.15. The van der Waals surface area contributed by atoms with Crippen molar-refractivity contribution < 1.29 is 14.6 Å². The van der Waals surface area contributed by atoms with Crippen LogP contribution < -0.4 is 9.47 Å². The average molecular weight is 324 g/mol. The van der Waals surface area contributed by atoms with Gasteiger partial charge in [-0.1, -0.05) is 6.42 Å². The van der Waals surface area contributed by atoms with Crippen molar-refractivity contribution in [2.45, 2.75) is 25.4 Å². The number of ether oxygens (including phenoxy) is 2. The predicted octanol–water partition coefficient (Wildman–Crippen LogP) is 2.95. The maximum atomic E-state index is 10.5. The van der Waals surface area contributed by atoms with Crippen molar-refractivity contribution in [1.82, 2.24) is 0 Å². The summed E-state index contributed by atoms with van der Waals surface area (Å²) in [6.45, 7) is 1.03. The monoisotopic (exact) mass is 323 g/mol. The van der Waals surface area contributed by atoms with E-state index in [1.807, 2.05) is 6.07 Å². The summed E-state index contributed by atoms with van der Waals surface area (Å²) in [5.41, 5.74) is 0.0702. The Morgan fingerprint density at radius 1 is 1.32 bits per heavy atom. The molecular formula is C14H14BrNO3. The average Bonchev–Trinajstić information content (AvgIpc) is 2.38. The summed E-state index contributed by atoms with van der Waals surface area (Å²) in [5.74, 6) is 1.30. The van der Waals surface area contributed by atoms with E-state index in [0.717, 1.165) is 23.7 Å². The van der Waals surface area contributed by atoms with E-state index < -0.39 is 11.5 Å². The lowest BCUT2D eigenvalue weighted by molar-refractivity contribution is 0.00759. The normalized spacial score (nSPS) is 21.1. The number of rotatable bonds is 2. The Balaban J connectivity index is 1.97. The minimum atomic E-state index is -0.779. The maximum Gasteiger partial charge on any atom is 0.175 e. The van der Waals surface area contributed by atoms with Crippen LogP contribution in [0.5, 0.6) is 11.5 Å². The highest BCUT2D eigenvalue weighted by Gasteiger charge is 2.45. The number of halogens is 1. The third-order valence-corrected chi connectivity index (χ3v) is 4.52. The quantitative estimate of drug-likeness (QED) is 0.908. The third-order valence-electron chi connectivity index (χ3n) is 3.93. The standard InChI is InChI=1S/C14H14BrNO3/c15-10-6-9(7-11-12(10)19-5-4-18-11)13(17)14(8-16)2-1-3-14/h6-7,13,17H,1-5H2. The van der Waals surface area contributed by atoms with Crippen LogP contribution in [-0.2, 0) is 0 Å². The summed E-state index contributed by atoms with van der Waals surface area (Å²) in [6, 6.07) is 5.87. The summed E-state index contributed by atoms with van der Waals surface area (Å²) in [4.78, 5) is 0. The van der Waals surface area contributed by atoms with Gasteiger partial charge in [0.25, 0.3) is 0 Å². The van der Waals surface area contributed by atoms with Crippen molar-refractivity contribution in [1.29, 1.82) is 5.26 Å². The Morgan fingerprint density at radius 2 is 2.05 bits per heavy atom. The lowest BCUT2D eigenvalue weighted by Gasteiger charge is -2.39. The van der Waals surface area contributed by atoms with Crippen LogP contribution in [0.2, 0.25) is 0 Å². The molecule has 1 aliphatic heterocycles. The number of nitriles is 1. The van der Waals surface area contributed by atoms with Gasteiger partial charge in [0.1, 0.15) is 13.2 Å². The highest BCUT2D eigenvalue weighted by Crippen LogP contribution is 2.51. The van der Waals surface area contributed by atoms with Crippen LogP contribution in [0.15, 0.2) is 16.6 Å². The van der Waals surface area contributed by atoms with Crippen molar-refractivity contribution in [3.8, 4) is 17.6 Å². The van der Waals surface area contributed by atoms with Gasteiger partial charge in [0, 0.05) is 0 Å². The van der Waals surface area contributed by atoms with Gasteiger partial charge in [-0.25, -0.2) is 0 Å². The number of benzene rings is 1. The number of fused-ring (bicyclic) bond motifs is 1. The summed E-state index contributed by atoms with van der Waals surface area (Å²) >= 11 is 3.43. The van der Waals surface area contributed by atoms with E-state index in [-0.39, 0.29) is 0 Å². The van der Waals surface area contributed by atoms with Gasteiger partial charge >= 0.3 is 0 Å². The van der Waals surface area contributed by atoms with Crippen molar-refractivity contribution >= 4 is 15.9 Å². The molecule has 1 saturated carbocycles. The van der Waals surface area contributed by atoms with Gasteiger partial charge < -0.3 is 14.6 Å². The molecular weight excluding hydrogens is 310 g/mol. The number of aliphatic hydroxyl groups is 1. The van der Waals surface area contributed by atoms with Crippen molar-refractivity contribution in [3.63, 3.8) is 0 Å². The molecule has 1 aliphatic carbocycles. The van der Waals surface area contributed by atoms with Crippen LogP contribution >= 0.6 is 15.9 Å². The second kappa shape index (κ2) is 4.69. The molecule has 0 saturated heterocycles. The first-order valence-corrected chi connectivity index (χ1v) is 7.14. The molecule has 3 rings (SSSR count). The van der Waals surface area contributed by atoms with Crippen molar-refractivity contribution in [3.05, 3.63) is 22.2 Å². The highest BCUT2D eigenvalue weighted by atomic mass is 79.9. The van der Waals surface area contributed by atoms with Gasteiger partial charge in [-0.3, -0.25) is 0 Å². The lowest BCUT2D eigenvalue weighted by Crippen LogP contribution is -2.34. The molecule has 19 heavy (non-hydrogen) atoms. The van der Waals surface area contributed by atoms with E-state index in [1.165, 1.54) is 0 Å². The van der Waals surface area contributed by atoms with Crippen LogP contribution in [-0.4, -0.2) is 18.3 Å². The highest BCUT2D eigenvalue weighted by molar-refractivity contribution is 9.10. The first-order valence-electron chi connectivity index (χ1n) is 6.35. The van der Waals surface area contributed by atoms with E-state index in [4.69, 9.17) is 9.47 Å². The number of aliphatic hydroxyl groups excluding tert-OH is 1. The molecule has 1 N–H and O–H groups in total. The molecule has 1 atom stereocenters. The van der Waals surface area contributed by atoms with Gasteiger partial charge in [-0.05, 0) is 46.5 Å². The second-order valence-corrected chi connectivity index (χ2v) is 5.91. The maximum absolute atomic E-state index is 10.5. The van der Waals surface area contributed by atoms with E-state index >= 15 is 0 Å². The van der Waals surface area contributed by atoms with Crippen molar-refractivity contribution in [2.24, 2.45) is 5.41 Å². The summed E-state index contributed by atoms with van der Waals surface area (Å²) in [7, 11) is 0. The van der Waals surface area contributed by atoms with Gasteiger partial charge in [-0.2, -0.15) is 5.26 Å². The van der Waals surface area contributed by atoms with Gasteiger partial charge in [0.15, 0.2) is 11.5 Å². The molecule has 0 spiro atoms. The van der Waals surface area contributed by atoms with Crippen molar-refractivity contribution in [2.75, 3.05) is 13.2 Å². The minimum Gasteiger partial charge on any atom is -0.486 e. The fourth-order valence-electron chi connectivity index (χ4n) is 2.61. The Morgan fingerprint density at radius 3 is 2.68 bits per heavy atom. The molecule has 4 nitrogen and oxygen atoms in total. The van der Waals surface area contributed by atoms with Crippen LogP contribution in [0.1, 0.15) is 30.9 Å². The largest absolute Gasteiger partial charge is 0.486 e. The van der Waals surface area contributed by atoms with Gasteiger partial charge in [0.2, 0.25) is 0 Å². The Hall–Kier alpha value is -1.25. The first-order chi connectivity index (χ1) is 9.16. The molecule has 5 heteroatoms. The molecule has 100 valence electrons. The minimum absolute atomic E-state index is 0.502. The zero-order valence-corrected chi connectivity index (χ0v) is 11.9. The Labute approximate surface area is 120 Å². The fraction of sp³-hybridized carbons (Fsp3) is 0.500.